The maximum absolute atomic E-state index is 9.96. The molecule has 2 heterocycles. The number of aliphatic hydroxyl groups is 2. The van der Waals surface area contributed by atoms with Crippen LogP contribution in [0.5, 0.6) is 5.75 Å². The van der Waals surface area contributed by atoms with Crippen LogP contribution in [0.3, 0.4) is 0 Å². The number of rotatable bonds is 5. The largest absolute Gasteiger partial charge is 0.508 e. The molecule has 3 aromatic rings. The molecule has 0 amide bonds. The van der Waals surface area contributed by atoms with Crippen molar-refractivity contribution in [1.29, 1.82) is 0 Å². The number of nitrogens with zero attached hydrogens (tertiary/aromatic N) is 3. The van der Waals surface area contributed by atoms with E-state index in [0.29, 0.717) is 23.4 Å². The lowest BCUT2D eigenvalue weighted by Crippen LogP contribution is -2.17. The van der Waals surface area contributed by atoms with Gasteiger partial charge in [-0.1, -0.05) is 12.1 Å². The van der Waals surface area contributed by atoms with E-state index >= 15 is 0 Å². The van der Waals surface area contributed by atoms with E-state index < -0.39 is 6.10 Å². The number of phenolic OH excluding ortho intramolecular Hbond substituents is 1. The van der Waals surface area contributed by atoms with Crippen molar-refractivity contribution in [3.8, 4) is 16.9 Å². The zero-order valence-corrected chi connectivity index (χ0v) is 12.4. The van der Waals surface area contributed by atoms with Crippen molar-refractivity contribution < 1.29 is 15.3 Å². The van der Waals surface area contributed by atoms with Gasteiger partial charge in [0, 0.05) is 18.4 Å². The molecule has 120 valence electrons. The zero-order chi connectivity index (χ0) is 16.4. The number of hydrogen-bond acceptors (Lipinski definition) is 6. The van der Waals surface area contributed by atoms with E-state index in [1.807, 2.05) is 6.20 Å². The smallest absolute Gasteiger partial charge is 0.146 e. The van der Waals surface area contributed by atoms with E-state index in [0.717, 1.165) is 11.1 Å². The average molecular weight is 314 g/mol. The molecule has 3 rings (SSSR count). The first-order valence-corrected chi connectivity index (χ1v) is 7.27. The minimum atomic E-state index is -0.681. The number of benzene rings is 1. The topological polar surface area (TPSA) is 117 Å². The van der Waals surface area contributed by atoms with Crippen molar-refractivity contribution in [1.82, 2.24) is 14.5 Å². The molecule has 0 radical (unpaired) electrons. The fraction of sp³-hybridized carbons (Fsp3) is 0.250. The van der Waals surface area contributed by atoms with Crippen molar-refractivity contribution in [2.45, 2.75) is 19.1 Å². The van der Waals surface area contributed by atoms with E-state index in [4.69, 9.17) is 10.8 Å². The predicted molar refractivity (Wildman–Crippen MR) is 86.8 cm³/mol. The van der Waals surface area contributed by atoms with E-state index in [-0.39, 0.29) is 18.8 Å². The van der Waals surface area contributed by atoms with Gasteiger partial charge in [-0.25, -0.2) is 9.97 Å². The van der Waals surface area contributed by atoms with Crippen LogP contribution in [-0.2, 0) is 6.54 Å². The molecule has 0 fully saturated rings. The quantitative estimate of drug-likeness (QED) is 0.561. The first-order valence-electron chi connectivity index (χ1n) is 7.27. The lowest BCUT2D eigenvalue weighted by atomic mass is 10.1. The molecular formula is C16H18N4O3. The summed E-state index contributed by atoms with van der Waals surface area (Å²) < 4.78 is 1.80. The highest BCUT2D eigenvalue weighted by Gasteiger charge is 2.16. The van der Waals surface area contributed by atoms with Crippen molar-refractivity contribution in [2.75, 3.05) is 12.3 Å². The molecule has 23 heavy (non-hydrogen) atoms. The van der Waals surface area contributed by atoms with Gasteiger partial charge in [0.05, 0.1) is 18.0 Å². The Balaban J connectivity index is 2.12. The number of hydrogen-bond donors (Lipinski definition) is 4. The van der Waals surface area contributed by atoms with Gasteiger partial charge in [-0.3, -0.25) is 0 Å². The van der Waals surface area contributed by atoms with Crippen LogP contribution >= 0.6 is 0 Å². The van der Waals surface area contributed by atoms with Gasteiger partial charge < -0.3 is 25.6 Å². The Hall–Kier alpha value is -2.64. The fourth-order valence-corrected chi connectivity index (χ4v) is 2.61. The summed E-state index contributed by atoms with van der Waals surface area (Å²) in [4.78, 5) is 8.31. The third-order valence-electron chi connectivity index (χ3n) is 3.73. The molecule has 0 bridgehead atoms. The average Bonchev–Trinajstić information content (AvgIpc) is 2.88. The number of aliphatic hydroxyl groups excluding tert-OH is 2. The van der Waals surface area contributed by atoms with E-state index in [1.165, 1.54) is 6.33 Å². The van der Waals surface area contributed by atoms with Crippen LogP contribution in [0.25, 0.3) is 22.2 Å². The summed E-state index contributed by atoms with van der Waals surface area (Å²) in [5.74, 6) is 0.536. The Morgan fingerprint density at radius 2 is 1.91 bits per heavy atom. The van der Waals surface area contributed by atoms with Gasteiger partial charge in [0.1, 0.15) is 23.5 Å². The van der Waals surface area contributed by atoms with Gasteiger partial charge >= 0.3 is 0 Å². The van der Waals surface area contributed by atoms with Gasteiger partial charge in [0.2, 0.25) is 0 Å². The fourth-order valence-electron chi connectivity index (χ4n) is 2.61. The summed E-state index contributed by atoms with van der Waals surface area (Å²) in [6, 6.07) is 6.76. The second-order valence-corrected chi connectivity index (χ2v) is 5.37. The van der Waals surface area contributed by atoms with Gasteiger partial charge in [-0.15, -0.1) is 0 Å². The number of aromatic hydroxyl groups is 1. The lowest BCUT2D eigenvalue weighted by molar-refractivity contribution is 0.118. The highest BCUT2D eigenvalue weighted by atomic mass is 16.3. The predicted octanol–water partition coefficient (Wildman–Crippen LogP) is 1.13. The number of anilines is 1. The second kappa shape index (κ2) is 6.23. The molecule has 5 N–H and O–H groups in total. The summed E-state index contributed by atoms with van der Waals surface area (Å²) in [7, 11) is 0. The molecule has 0 aliphatic heterocycles. The second-order valence-electron chi connectivity index (χ2n) is 5.37. The normalized spacial score (nSPS) is 12.6. The van der Waals surface area contributed by atoms with Crippen LogP contribution in [0.4, 0.5) is 5.82 Å². The Bertz CT molecular complexity index is 814. The molecule has 2 aromatic heterocycles. The van der Waals surface area contributed by atoms with E-state index in [2.05, 4.69) is 9.97 Å². The van der Waals surface area contributed by atoms with Crippen LogP contribution in [0.1, 0.15) is 6.42 Å². The van der Waals surface area contributed by atoms with Crippen molar-refractivity contribution in [3.63, 3.8) is 0 Å². The van der Waals surface area contributed by atoms with Gasteiger partial charge in [0.15, 0.2) is 0 Å². The SMILES string of the molecule is Nc1ncnc2c1c(-c1ccc(O)cc1)cn2CC(O)CCO. The molecule has 0 spiro atoms. The Kier molecular flexibility index (Phi) is 4.14. The molecule has 0 saturated heterocycles. The minimum absolute atomic E-state index is 0.0810. The Morgan fingerprint density at radius 1 is 1.17 bits per heavy atom. The van der Waals surface area contributed by atoms with Crippen LogP contribution in [0.2, 0.25) is 0 Å². The van der Waals surface area contributed by atoms with Crippen molar-refractivity contribution in [2.24, 2.45) is 0 Å². The maximum Gasteiger partial charge on any atom is 0.146 e. The molecule has 0 aliphatic rings. The number of fused-ring (bicyclic) bond motifs is 1. The summed E-state index contributed by atoms with van der Waals surface area (Å²) in [6.07, 6.45) is 2.84. The molecule has 1 aromatic carbocycles. The minimum Gasteiger partial charge on any atom is -0.508 e. The summed E-state index contributed by atoms with van der Waals surface area (Å²) >= 11 is 0. The molecule has 7 nitrogen and oxygen atoms in total. The lowest BCUT2D eigenvalue weighted by Gasteiger charge is -2.10. The molecule has 0 saturated carbocycles. The standard InChI is InChI=1S/C16H18N4O3/c17-15-14-13(10-1-3-11(22)4-2-10)8-20(7-12(23)5-6-21)16(14)19-9-18-15/h1-4,8-9,12,21-23H,5-7H2,(H2,17,18,19). The summed E-state index contributed by atoms with van der Waals surface area (Å²) in [5.41, 5.74) is 8.33. The number of aromatic nitrogens is 3. The van der Waals surface area contributed by atoms with Crippen molar-refractivity contribution in [3.05, 3.63) is 36.8 Å². The van der Waals surface area contributed by atoms with Gasteiger partial charge in [-0.05, 0) is 24.1 Å². The van der Waals surface area contributed by atoms with E-state index in [9.17, 15) is 10.2 Å². The van der Waals surface area contributed by atoms with E-state index in [1.54, 1.807) is 28.8 Å². The summed E-state index contributed by atoms with van der Waals surface area (Å²) in [5, 5.41) is 29.0. The molecule has 7 heteroatoms. The molecule has 1 atom stereocenters. The van der Waals surface area contributed by atoms with Crippen LogP contribution < -0.4 is 5.73 Å². The van der Waals surface area contributed by atoms with Gasteiger partial charge in [-0.2, -0.15) is 0 Å². The highest BCUT2D eigenvalue weighted by Crippen LogP contribution is 2.33. The zero-order valence-electron chi connectivity index (χ0n) is 12.4. The van der Waals surface area contributed by atoms with Crippen LogP contribution in [0, 0.1) is 0 Å². The number of phenols is 1. The molecular weight excluding hydrogens is 296 g/mol. The molecule has 0 aliphatic carbocycles. The first-order chi connectivity index (χ1) is 11.1. The Morgan fingerprint density at radius 3 is 2.61 bits per heavy atom. The highest BCUT2D eigenvalue weighted by molar-refractivity contribution is 6.00. The van der Waals surface area contributed by atoms with Crippen LogP contribution in [0.15, 0.2) is 36.8 Å². The molecule has 1 unspecified atom stereocenters. The maximum atomic E-state index is 9.96. The Labute approximate surface area is 132 Å². The monoisotopic (exact) mass is 314 g/mol. The number of nitrogen functional groups attached to an aromatic ring is 1. The summed E-state index contributed by atoms with van der Waals surface area (Å²) in [6.45, 7) is 0.216. The third kappa shape index (κ3) is 2.96. The third-order valence-corrected chi connectivity index (χ3v) is 3.73. The van der Waals surface area contributed by atoms with Crippen molar-refractivity contribution >= 4 is 16.9 Å². The van der Waals surface area contributed by atoms with Crippen LogP contribution in [-0.4, -0.2) is 42.6 Å². The number of nitrogens with two attached hydrogens (primary N) is 1. The van der Waals surface area contributed by atoms with Gasteiger partial charge in [0.25, 0.3) is 0 Å². The first kappa shape index (κ1) is 15.3.